The van der Waals surface area contributed by atoms with Crippen LogP contribution in [0.3, 0.4) is 0 Å². The average molecular weight is 423 g/mol. The van der Waals surface area contributed by atoms with Gasteiger partial charge in [-0.2, -0.15) is 0 Å². The summed E-state index contributed by atoms with van der Waals surface area (Å²) in [6, 6.07) is 7.70. The monoisotopic (exact) mass is 422 g/mol. The van der Waals surface area contributed by atoms with E-state index in [1.807, 2.05) is 13.8 Å². The molecule has 2 aromatic carbocycles. The Kier molecular flexibility index (Phi) is 6.82. The van der Waals surface area contributed by atoms with Gasteiger partial charge in [-0.3, -0.25) is 4.79 Å². The molecule has 1 aliphatic rings. The molecule has 2 aromatic rings. The van der Waals surface area contributed by atoms with E-state index in [1.54, 1.807) is 30.3 Å². The van der Waals surface area contributed by atoms with Gasteiger partial charge in [-0.1, -0.05) is 24.6 Å². The summed E-state index contributed by atoms with van der Waals surface area (Å²) in [6.45, 7) is 4.67. The first-order valence-electron chi connectivity index (χ1n) is 9.48. The molecule has 8 heteroatoms. The highest BCUT2D eigenvalue weighted by atomic mass is 35.5. The zero-order valence-corrected chi connectivity index (χ0v) is 17.1. The summed E-state index contributed by atoms with van der Waals surface area (Å²) < 4.78 is 32.1. The van der Waals surface area contributed by atoms with Gasteiger partial charge in [-0.25, -0.2) is 4.39 Å². The highest BCUT2D eigenvalue weighted by Crippen LogP contribution is 2.39. The highest BCUT2D eigenvalue weighted by molar-refractivity contribution is 6.32. The molecule has 0 aromatic heterocycles. The number of benzene rings is 2. The molecule has 1 heterocycles. The maximum absolute atomic E-state index is 15.3. The maximum Gasteiger partial charge on any atom is 0.218 e. The van der Waals surface area contributed by atoms with Crippen molar-refractivity contribution in [2.45, 2.75) is 38.8 Å². The number of amides is 1. The molecule has 1 aliphatic heterocycles. The van der Waals surface area contributed by atoms with Crippen molar-refractivity contribution in [1.82, 2.24) is 5.32 Å². The second kappa shape index (κ2) is 9.33. The number of halogens is 2. The van der Waals surface area contributed by atoms with E-state index in [9.17, 15) is 4.79 Å². The maximum atomic E-state index is 15.3. The van der Waals surface area contributed by atoms with E-state index in [4.69, 9.17) is 31.5 Å². The van der Waals surface area contributed by atoms with Crippen molar-refractivity contribution in [2.24, 2.45) is 5.73 Å². The van der Waals surface area contributed by atoms with E-state index < -0.39 is 11.7 Å². The molecule has 0 radical (unpaired) electrons. The number of nitrogens with two attached hydrogens (primary N) is 1. The number of carbonyl (C=O) groups excluding carboxylic acids is 1. The van der Waals surface area contributed by atoms with Crippen LogP contribution >= 0.6 is 11.6 Å². The van der Waals surface area contributed by atoms with Crippen LogP contribution < -0.4 is 25.3 Å². The minimum absolute atomic E-state index is 0.0661. The van der Waals surface area contributed by atoms with Gasteiger partial charge in [0.25, 0.3) is 0 Å². The van der Waals surface area contributed by atoms with Crippen LogP contribution in [0.25, 0.3) is 0 Å². The van der Waals surface area contributed by atoms with Crippen LogP contribution in [0.1, 0.15) is 38.3 Å². The second-order valence-corrected chi connectivity index (χ2v) is 7.29. The minimum atomic E-state index is -0.557. The largest absolute Gasteiger partial charge is 0.486 e. The lowest BCUT2D eigenvalue weighted by molar-refractivity contribution is -0.118. The lowest BCUT2D eigenvalue weighted by Gasteiger charge is -2.24. The molecule has 0 aliphatic carbocycles. The molecular weight excluding hydrogens is 399 g/mol. The Morgan fingerprint density at radius 3 is 2.69 bits per heavy atom. The summed E-state index contributed by atoms with van der Waals surface area (Å²) in [6.07, 6.45) is 0.761. The molecule has 0 bridgehead atoms. The van der Waals surface area contributed by atoms with Crippen LogP contribution in [0.2, 0.25) is 5.02 Å². The van der Waals surface area contributed by atoms with E-state index in [0.29, 0.717) is 42.4 Å². The van der Waals surface area contributed by atoms with Crippen LogP contribution in [0.5, 0.6) is 23.0 Å². The van der Waals surface area contributed by atoms with E-state index in [2.05, 4.69) is 5.32 Å². The van der Waals surface area contributed by atoms with Gasteiger partial charge in [0.15, 0.2) is 23.1 Å². The molecule has 0 fully saturated rings. The van der Waals surface area contributed by atoms with Crippen molar-refractivity contribution < 1.29 is 23.4 Å². The van der Waals surface area contributed by atoms with Crippen LogP contribution in [0.15, 0.2) is 30.3 Å². The topological polar surface area (TPSA) is 82.8 Å². The highest BCUT2D eigenvalue weighted by Gasteiger charge is 2.23. The predicted molar refractivity (Wildman–Crippen MR) is 108 cm³/mol. The van der Waals surface area contributed by atoms with Crippen molar-refractivity contribution in [3.8, 4) is 23.0 Å². The third kappa shape index (κ3) is 5.10. The first-order chi connectivity index (χ1) is 13.9. The Labute approximate surface area is 174 Å². The third-order valence-corrected chi connectivity index (χ3v) is 4.89. The van der Waals surface area contributed by atoms with Crippen molar-refractivity contribution in [3.05, 3.63) is 46.7 Å². The Balaban J connectivity index is 1.85. The number of rotatable bonds is 8. The normalized spacial score (nSPS) is 14.9. The molecule has 156 valence electrons. The standard InChI is InChI=1S/C21H24ClFN2O4/c1-3-16(25-12(2)10-19(24)26)14-5-6-15(22)21(20(14)23)29-13-4-7-17-18(11-13)28-9-8-27-17/h4-7,11-12,16,25H,3,8-10H2,1-2H3,(H2,24,26)/t12-,16+/m0/s1. The molecule has 2 atom stereocenters. The smallest absolute Gasteiger partial charge is 0.218 e. The Morgan fingerprint density at radius 1 is 1.28 bits per heavy atom. The van der Waals surface area contributed by atoms with Crippen molar-refractivity contribution in [3.63, 3.8) is 0 Å². The van der Waals surface area contributed by atoms with E-state index in [-0.39, 0.29) is 29.3 Å². The lowest BCUT2D eigenvalue weighted by Crippen LogP contribution is -2.34. The molecule has 29 heavy (non-hydrogen) atoms. The average Bonchev–Trinajstić information content (AvgIpc) is 2.69. The molecule has 3 N–H and O–H groups in total. The first-order valence-corrected chi connectivity index (χ1v) is 9.86. The summed E-state index contributed by atoms with van der Waals surface area (Å²) >= 11 is 6.21. The van der Waals surface area contributed by atoms with Gasteiger partial charge in [-0.15, -0.1) is 0 Å². The quantitative estimate of drug-likeness (QED) is 0.661. The molecule has 0 saturated heterocycles. The number of hydrogen-bond donors (Lipinski definition) is 2. The van der Waals surface area contributed by atoms with Crippen molar-refractivity contribution in [1.29, 1.82) is 0 Å². The van der Waals surface area contributed by atoms with E-state index in [1.165, 1.54) is 0 Å². The fourth-order valence-electron chi connectivity index (χ4n) is 3.25. The number of primary amides is 1. The number of ether oxygens (including phenoxy) is 3. The fraction of sp³-hybridized carbons (Fsp3) is 0.381. The summed E-state index contributed by atoms with van der Waals surface area (Å²) in [5.74, 6) is 0.494. The van der Waals surface area contributed by atoms with Crippen LogP contribution in [0, 0.1) is 5.82 Å². The number of carbonyl (C=O) groups is 1. The van der Waals surface area contributed by atoms with Crippen LogP contribution in [-0.2, 0) is 4.79 Å². The van der Waals surface area contributed by atoms with Crippen LogP contribution in [-0.4, -0.2) is 25.2 Å². The molecular formula is C21H24ClFN2O4. The van der Waals surface area contributed by atoms with Gasteiger partial charge in [-0.05, 0) is 31.5 Å². The number of nitrogens with one attached hydrogen (secondary N) is 1. The third-order valence-electron chi connectivity index (χ3n) is 4.59. The van der Waals surface area contributed by atoms with Gasteiger partial charge in [0.1, 0.15) is 19.0 Å². The number of hydrogen-bond acceptors (Lipinski definition) is 5. The SMILES string of the molecule is CC[C@@H](N[C@@H](C)CC(N)=O)c1ccc(Cl)c(Oc2ccc3c(c2)OCCO3)c1F. The summed E-state index contributed by atoms with van der Waals surface area (Å²) in [5, 5.41) is 3.38. The summed E-state index contributed by atoms with van der Waals surface area (Å²) in [5.41, 5.74) is 5.65. The molecule has 0 unspecified atom stereocenters. The Bertz CT molecular complexity index is 893. The second-order valence-electron chi connectivity index (χ2n) is 6.89. The van der Waals surface area contributed by atoms with Gasteiger partial charge < -0.3 is 25.3 Å². The molecule has 6 nitrogen and oxygen atoms in total. The van der Waals surface area contributed by atoms with E-state index >= 15 is 4.39 Å². The van der Waals surface area contributed by atoms with Crippen molar-refractivity contribution >= 4 is 17.5 Å². The minimum Gasteiger partial charge on any atom is -0.486 e. The summed E-state index contributed by atoms with van der Waals surface area (Å²) in [4.78, 5) is 11.1. The molecule has 1 amide bonds. The Morgan fingerprint density at radius 2 is 2.00 bits per heavy atom. The number of fused-ring (bicyclic) bond motifs is 1. The van der Waals surface area contributed by atoms with Crippen LogP contribution in [0.4, 0.5) is 4.39 Å². The van der Waals surface area contributed by atoms with Crippen molar-refractivity contribution in [2.75, 3.05) is 13.2 Å². The molecule has 3 rings (SSSR count). The van der Waals surface area contributed by atoms with Gasteiger partial charge >= 0.3 is 0 Å². The fourth-order valence-corrected chi connectivity index (χ4v) is 3.43. The molecule has 0 saturated carbocycles. The lowest BCUT2D eigenvalue weighted by atomic mass is 10.0. The molecule has 0 spiro atoms. The van der Waals surface area contributed by atoms with Gasteiger partial charge in [0, 0.05) is 30.1 Å². The first kappa shape index (κ1) is 21.2. The van der Waals surface area contributed by atoms with Gasteiger partial charge in [0.2, 0.25) is 5.91 Å². The Hall–Kier alpha value is -2.51. The predicted octanol–water partition coefficient (Wildman–Crippen LogP) is 4.35. The zero-order chi connectivity index (χ0) is 21.0. The zero-order valence-electron chi connectivity index (χ0n) is 16.3. The van der Waals surface area contributed by atoms with E-state index in [0.717, 1.165) is 0 Å². The van der Waals surface area contributed by atoms with Gasteiger partial charge in [0.05, 0.1) is 5.02 Å². The summed E-state index contributed by atoms with van der Waals surface area (Å²) in [7, 11) is 0.